The lowest BCUT2D eigenvalue weighted by Crippen LogP contribution is -2.11. The predicted molar refractivity (Wildman–Crippen MR) is 60.1 cm³/mol. The third kappa shape index (κ3) is 1.76. The maximum atomic E-state index is 14.0. The zero-order valence-electron chi connectivity index (χ0n) is 9.13. The summed E-state index contributed by atoms with van der Waals surface area (Å²) >= 11 is 5.82. The molecule has 0 atom stereocenters. The molecular weight excluding hydrogens is 247 g/mol. The summed E-state index contributed by atoms with van der Waals surface area (Å²) in [6, 6.07) is 1.41. The van der Waals surface area contributed by atoms with Crippen LogP contribution in [0.15, 0.2) is 6.07 Å². The average Bonchev–Trinajstić information content (AvgIpc) is 3.05. The molecule has 0 aromatic heterocycles. The van der Waals surface area contributed by atoms with E-state index in [0.717, 1.165) is 6.42 Å². The van der Waals surface area contributed by atoms with Crippen LogP contribution in [-0.4, -0.2) is 18.3 Å². The van der Waals surface area contributed by atoms with Gasteiger partial charge in [0.1, 0.15) is 0 Å². The molecule has 5 heteroatoms. The number of halogens is 2. The molecule has 1 N–H and O–H groups in total. The quantitative estimate of drug-likeness (QED) is 0.842. The van der Waals surface area contributed by atoms with Crippen molar-refractivity contribution >= 4 is 11.6 Å². The van der Waals surface area contributed by atoms with Crippen molar-refractivity contribution < 1.29 is 19.0 Å². The minimum atomic E-state index is -1.13. The maximum absolute atomic E-state index is 14.0. The lowest BCUT2D eigenvalue weighted by atomic mass is 10.0. The second-order valence-corrected chi connectivity index (χ2v) is 4.86. The van der Waals surface area contributed by atoms with Gasteiger partial charge in [-0.2, -0.15) is 0 Å². The number of benzene rings is 1. The average molecular weight is 259 g/mol. The topological polar surface area (TPSA) is 38.7 Å². The summed E-state index contributed by atoms with van der Waals surface area (Å²) in [5.74, 6) is 0.129. The second-order valence-electron chi connectivity index (χ2n) is 4.46. The summed E-state index contributed by atoms with van der Waals surface area (Å²) < 4.78 is 25.0. The highest BCUT2D eigenvalue weighted by molar-refractivity contribution is 6.31. The van der Waals surface area contributed by atoms with Crippen molar-refractivity contribution in [3.05, 3.63) is 22.5 Å². The molecule has 1 aliphatic carbocycles. The first-order chi connectivity index (χ1) is 8.12. The number of fused-ring (bicyclic) bond motifs is 1. The van der Waals surface area contributed by atoms with Crippen molar-refractivity contribution in [2.75, 3.05) is 13.2 Å². The van der Waals surface area contributed by atoms with Crippen LogP contribution in [0.25, 0.3) is 0 Å². The second kappa shape index (κ2) is 3.75. The van der Waals surface area contributed by atoms with Crippen LogP contribution in [-0.2, 0) is 5.60 Å². The van der Waals surface area contributed by atoms with Gasteiger partial charge in [-0.1, -0.05) is 11.6 Å². The Kier molecular flexibility index (Phi) is 2.45. The highest BCUT2D eigenvalue weighted by Crippen LogP contribution is 2.53. The molecule has 1 saturated carbocycles. The zero-order valence-corrected chi connectivity index (χ0v) is 9.89. The van der Waals surface area contributed by atoms with Gasteiger partial charge in [-0.15, -0.1) is 0 Å². The fraction of sp³-hybridized carbons (Fsp3) is 0.500. The van der Waals surface area contributed by atoms with Gasteiger partial charge in [-0.25, -0.2) is 4.39 Å². The van der Waals surface area contributed by atoms with Gasteiger partial charge in [0.15, 0.2) is 17.3 Å². The molecular formula is C12H12ClFO3. The lowest BCUT2D eigenvalue weighted by molar-refractivity contribution is 0.140. The van der Waals surface area contributed by atoms with Crippen LogP contribution in [0, 0.1) is 5.82 Å². The fourth-order valence-electron chi connectivity index (χ4n) is 2.04. The maximum Gasteiger partial charge on any atom is 0.170 e. The molecule has 0 radical (unpaired) electrons. The molecule has 1 aromatic rings. The summed E-state index contributed by atoms with van der Waals surface area (Å²) in [6.07, 6.45) is 1.78. The Morgan fingerprint density at radius 1 is 1.29 bits per heavy atom. The molecule has 1 aliphatic heterocycles. The summed E-state index contributed by atoms with van der Waals surface area (Å²) in [5.41, 5.74) is -0.978. The van der Waals surface area contributed by atoms with E-state index in [1.165, 1.54) is 6.07 Å². The molecule has 0 bridgehead atoms. The molecule has 0 saturated heterocycles. The van der Waals surface area contributed by atoms with Crippen LogP contribution in [0.5, 0.6) is 11.5 Å². The van der Waals surface area contributed by atoms with Crippen LogP contribution in [0.2, 0.25) is 5.02 Å². The lowest BCUT2D eigenvalue weighted by Gasteiger charge is -2.18. The van der Waals surface area contributed by atoms with Crippen molar-refractivity contribution in [3.8, 4) is 11.5 Å². The Morgan fingerprint density at radius 2 is 2.00 bits per heavy atom. The normalized spacial score (nSPS) is 20.9. The van der Waals surface area contributed by atoms with E-state index in [-0.39, 0.29) is 10.6 Å². The van der Waals surface area contributed by atoms with Gasteiger partial charge >= 0.3 is 0 Å². The highest BCUT2D eigenvalue weighted by Gasteiger charge is 2.48. The van der Waals surface area contributed by atoms with E-state index in [4.69, 9.17) is 21.1 Å². The van der Waals surface area contributed by atoms with Crippen molar-refractivity contribution in [1.29, 1.82) is 0 Å². The number of hydrogen-bond donors (Lipinski definition) is 1. The van der Waals surface area contributed by atoms with Crippen LogP contribution in [0.3, 0.4) is 0 Å². The first kappa shape index (κ1) is 11.1. The van der Waals surface area contributed by atoms with Crippen LogP contribution < -0.4 is 9.47 Å². The first-order valence-electron chi connectivity index (χ1n) is 5.62. The third-order valence-corrected chi connectivity index (χ3v) is 3.39. The zero-order chi connectivity index (χ0) is 12.0. The van der Waals surface area contributed by atoms with Gasteiger partial charge in [-0.3, -0.25) is 0 Å². The van der Waals surface area contributed by atoms with Gasteiger partial charge in [0.05, 0.1) is 29.4 Å². The van der Waals surface area contributed by atoms with Crippen LogP contribution >= 0.6 is 11.6 Å². The molecule has 1 fully saturated rings. The SMILES string of the molecule is OC1(c2c(F)c(Cl)cc3c2OCCCO3)CC1. The van der Waals surface area contributed by atoms with Crippen LogP contribution in [0.1, 0.15) is 24.8 Å². The highest BCUT2D eigenvalue weighted by atomic mass is 35.5. The molecule has 1 heterocycles. The van der Waals surface area contributed by atoms with Gasteiger partial charge in [0.2, 0.25) is 0 Å². The van der Waals surface area contributed by atoms with Gasteiger partial charge in [0, 0.05) is 12.5 Å². The molecule has 2 aliphatic rings. The van der Waals surface area contributed by atoms with E-state index in [9.17, 15) is 9.50 Å². The monoisotopic (exact) mass is 258 g/mol. The molecule has 3 rings (SSSR count). The smallest absolute Gasteiger partial charge is 0.170 e. The number of rotatable bonds is 1. The Bertz CT molecular complexity index is 471. The molecule has 0 amide bonds. The minimum Gasteiger partial charge on any atom is -0.489 e. The Hall–Kier alpha value is -1.00. The third-order valence-electron chi connectivity index (χ3n) is 3.12. The first-order valence-corrected chi connectivity index (χ1v) is 6.00. The molecule has 3 nitrogen and oxygen atoms in total. The van der Waals surface area contributed by atoms with E-state index in [0.29, 0.717) is 37.6 Å². The minimum absolute atomic E-state index is 0.0374. The molecule has 0 unspecified atom stereocenters. The standard InChI is InChI=1S/C12H12ClFO3/c13-7-6-8-11(17-5-1-4-16-8)9(10(7)14)12(15)2-3-12/h6,15H,1-5H2. The van der Waals surface area contributed by atoms with Crippen molar-refractivity contribution in [2.24, 2.45) is 0 Å². The summed E-state index contributed by atoms with van der Waals surface area (Å²) in [4.78, 5) is 0. The summed E-state index contributed by atoms with van der Waals surface area (Å²) in [5, 5.41) is 10.1. The fourth-order valence-corrected chi connectivity index (χ4v) is 2.23. The van der Waals surface area contributed by atoms with E-state index in [2.05, 4.69) is 0 Å². The van der Waals surface area contributed by atoms with Gasteiger partial charge in [-0.05, 0) is 12.8 Å². The van der Waals surface area contributed by atoms with Gasteiger partial charge < -0.3 is 14.6 Å². The molecule has 0 spiro atoms. The predicted octanol–water partition coefficient (Wildman–Crippen LogP) is 2.62. The largest absolute Gasteiger partial charge is 0.489 e. The summed E-state index contributed by atoms with van der Waals surface area (Å²) in [7, 11) is 0. The Balaban J connectivity index is 2.20. The van der Waals surface area contributed by atoms with Crippen molar-refractivity contribution in [3.63, 3.8) is 0 Å². The molecule has 92 valence electrons. The van der Waals surface area contributed by atoms with Crippen LogP contribution in [0.4, 0.5) is 4.39 Å². The summed E-state index contributed by atoms with van der Waals surface area (Å²) in [6.45, 7) is 0.962. The molecule has 17 heavy (non-hydrogen) atoms. The van der Waals surface area contributed by atoms with Gasteiger partial charge in [0.25, 0.3) is 0 Å². The van der Waals surface area contributed by atoms with Crippen molar-refractivity contribution in [1.82, 2.24) is 0 Å². The Labute approximate surface area is 103 Å². The number of ether oxygens (including phenoxy) is 2. The number of aliphatic hydroxyl groups is 1. The van der Waals surface area contributed by atoms with Crippen molar-refractivity contribution in [2.45, 2.75) is 24.9 Å². The van der Waals surface area contributed by atoms with E-state index >= 15 is 0 Å². The number of hydrogen-bond acceptors (Lipinski definition) is 3. The van der Waals surface area contributed by atoms with E-state index in [1.54, 1.807) is 0 Å². The molecule has 1 aromatic carbocycles. The Morgan fingerprint density at radius 3 is 2.71 bits per heavy atom. The van der Waals surface area contributed by atoms with E-state index < -0.39 is 11.4 Å². The van der Waals surface area contributed by atoms with E-state index in [1.807, 2.05) is 0 Å².